The van der Waals surface area contributed by atoms with Gasteiger partial charge >= 0.3 is 5.97 Å². The second kappa shape index (κ2) is 7.54. The quantitative estimate of drug-likeness (QED) is 0.431. The zero-order chi connectivity index (χ0) is 8.53. The highest BCUT2D eigenvalue weighted by atomic mass is 16.6. The van der Waals surface area contributed by atoms with Crippen LogP contribution in [-0.2, 0) is 14.3 Å². The van der Waals surface area contributed by atoms with Gasteiger partial charge in [-0.1, -0.05) is 13.8 Å². The van der Waals surface area contributed by atoms with Gasteiger partial charge in [0, 0.05) is 13.0 Å². The molecule has 0 aromatic rings. The van der Waals surface area contributed by atoms with Crippen molar-refractivity contribution in [3.8, 4) is 0 Å². The van der Waals surface area contributed by atoms with Crippen LogP contribution in [-0.4, -0.2) is 25.8 Å². The third kappa shape index (κ3) is 7.33. The molecule has 3 nitrogen and oxygen atoms in total. The summed E-state index contributed by atoms with van der Waals surface area (Å²) in [5.41, 5.74) is 0. The summed E-state index contributed by atoms with van der Waals surface area (Å²) in [4.78, 5) is 10.6. The first-order chi connectivity index (χ1) is 5.31. The molecule has 0 aromatic heterocycles. The van der Waals surface area contributed by atoms with Crippen molar-refractivity contribution in [1.82, 2.24) is 0 Å². The lowest BCUT2D eigenvalue weighted by atomic mass is 10.5. The van der Waals surface area contributed by atoms with Gasteiger partial charge in [0.1, 0.15) is 6.61 Å². The SMILES string of the molecule is [CH2]CCOCCOC(=O)CC. The van der Waals surface area contributed by atoms with Crippen LogP contribution in [0.1, 0.15) is 19.8 Å². The van der Waals surface area contributed by atoms with Crippen molar-refractivity contribution < 1.29 is 14.3 Å². The van der Waals surface area contributed by atoms with E-state index in [0.717, 1.165) is 6.42 Å². The van der Waals surface area contributed by atoms with Gasteiger partial charge in [0.15, 0.2) is 0 Å². The molecular formula is C8H15O3. The van der Waals surface area contributed by atoms with Gasteiger partial charge in [-0.25, -0.2) is 0 Å². The van der Waals surface area contributed by atoms with Gasteiger partial charge in [0.2, 0.25) is 0 Å². The highest BCUT2D eigenvalue weighted by molar-refractivity contribution is 5.68. The molecule has 0 atom stereocenters. The number of rotatable bonds is 6. The molecule has 0 aliphatic rings. The largest absolute Gasteiger partial charge is 0.463 e. The number of hydrogen-bond acceptors (Lipinski definition) is 3. The Hall–Kier alpha value is -0.570. The molecule has 11 heavy (non-hydrogen) atoms. The number of carbonyl (C=O) groups is 1. The molecule has 0 aliphatic heterocycles. The lowest BCUT2D eigenvalue weighted by Gasteiger charge is -2.02. The zero-order valence-electron chi connectivity index (χ0n) is 6.97. The van der Waals surface area contributed by atoms with E-state index >= 15 is 0 Å². The van der Waals surface area contributed by atoms with Crippen LogP contribution in [0.25, 0.3) is 0 Å². The average molecular weight is 159 g/mol. The number of hydrogen-bond donors (Lipinski definition) is 0. The van der Waals surface area contributed by atoms with Crippen molar-refractivity contribution in [3.63, 3.8) is 0 Å². The van der Waals surface area contributed by atoms with Gasteiger partial charge < -0.3 is 9.47 Å². The molecule has 0 aromatic carbocycles. The van der Waals surface area contributed by atoms with Gasteiger partial charge in [-0.15, -0.1) is 0 Å². The molecule has 0 bridgehead atoms. The summed E-state index contributed by atoms with van der Waals surface area (Å²) < 4.78 is 9.79. The topological polar surface area (TPSA) is 35.5 Å². The zero-order valence-corrected chi connectivity index (χ0v) is 6.97. The molecule has 0 rings (SSSR count). The van der Waals surface area contributed by atoms with Crippen LogP contribution in [0.15, 0.2) is 0 Å². The van der Waals surface area contributed by atoms with Crippen molar-refractivity contribution in [2.75, 3.05) is 19.8 Å². The Bertz CT molecular complexity index is 102. The van der Waals surface area contributed by atoms with E-state index in [2.05, 4.69) is 6.92 Å². The smallest absolute Gasteiger partial charge is 0.305 e. The summed E-state index contributed by atoms with van der Waals surface area (Å²) in [5.74, 6) is -0.178. The van der Waals surface area contributed by atoms with Crippen LogP contribution in [0.3, 0.4) is 0 Å². The van der Waals surface area contributed by atoms with E-state index in [1.165, 1.54) is 0 Å². The minimum Gasteiger partial charge on any atom is -0.463 e. The Kier molecular flexibility index (Phi) is 7.15. The second-order valence-corrected chi connectivity index (χ2v) is 2.04. The van der Waals surface area contributed by atoms with Crippen LogP contribution in [0.5, 0.6) is 0 Å². The Balaban J connectivity index is 2.95. The van der Waals surface area contributed by atoms with Crippen LogP contribution in [0, 0.1) is 6.92 Å². The molecule has 0 N–H and O–H groups in total. The van der Waals surface area contributed by atoms with E-state index in [4.69, 9.17) is 9.47 Å². The van der Waals surface area contributed by atoms with E-state index in [-0.39, 0.29) is 5.97 Å². The fourth-order valence-electron chi connectivity index (χ4n) is 0.521. The van der Waals surface area contributed by atoms with Crippen molar-refractivity contribution in [3.05, 3.63) is 6.92 Å². The summed E-state index contributed by atoms with van der Waals surface area (Å²) in [5, 5.41) is 0. The highest BCUT2D eigenvalue weighted by Gasteiger charge is 1.95. The summed E-state index contributed by atoms with van der Waals surface area (Å²) in [6.07, 6.45) is 1.18. The predicted octanol–water partition coefficient (Wildman–Crippen LogP) is 1.18. The van der Waals surface area contributed by atoms with Crippen molar-refractivity contribution in [1.29, 1.82) is 0 Å². The molecule has 0 saturated carbocycles. The third-order valence-electron chi connectivity index (χ3n) is 1.07. The fourth-order valence-corrected chi connectivity index (χ4v) is 0.521. The third-order valence-corrected chi connectivity index (χ3v) is 1.07. The normalized spacial score (nSPS) is 9.64. The van der Waals surface area contributed by atoms with Crippen LogP contribution in [0.2, 0.25) is 0 Å². The van der Waals surface area contributed by atoms with E-state index in [1.807, 2.05) is 0 Å². The molecular weight excluding hydrogens is 144 g/mol. The van der Waals surface area contributed by atoms with E-state index in [1.54, 1.807) is 6.92 Å². The molecule has 0 saturated heterocycles. The highest BCUT2D eigenvalue weighted by Crippen LogP contribution is 1.85. The van der Waals surface area contributed by atoms with Crippen LogP contribution >= 0.6 is 0 Å². The summed E-state index contributed by atoms with van der Waals surface area (Å²) >= 11 is 0. The number of carbonyl (C=O) groups excluding carboxylic acids is 1. The molecule has 0 spiro atoms. The monoisotopic (exact) mass is 159 g/mol. The van der Waals surface area contributed by atoms with Crippen LogP contribution in [0.4, 0.5) is 0 Å². The Morgan fingerprint density at radius 2 is 2.09 bits per heavy atom. The molecule has 0 aliphatic carbocycles. The van der Waals surface area contributed by atoms with Gasteiger partial charge in [0.05, 0.1) is 6.61 Å². The Morgan fingerprint density at radius 1 is 1.36 bits per heavy atom. The molecule has 0 heterocycles. The van der Waals surface area contributed by atoms with Gasteiger partial charge in [0.25, 0.3) is 0 Å². The summed E-state index contributed by atoms with van der Waals surface area (Å²) in [7, 11) is 0. The lowest BCUT2D eigenvalue weighted by Crippen LogP contribution is -2.09. The second-order valence-electron chi connectivity index (χ2n) is 2.04. The fraction of sp³-hybridized carbons (Fsp3) is 0.750. The summed E-state index contributed by atoms with van der Waals surface area (Å²) in [6, 6.07) is 0. The average Bonchev–Trinajstić information content (AvgIpc) is 2.04. The first-order valence-electron chi connectivity index (χ1n) is 3.83. The maximum Gasteiger partial charge on any atom is 0.305 e. The van der Waals surface area contributed by atoms with Crippen molar-refractivity contribution >= 4 is 5.97 Å². The first-order valence-corrected chi connectivity index (χ1v) is 3.83. The molecule has 1 radical (unpaired) electrons. The molecule has 3 heteroatoms. The molecule has 0 fully saturated rings. The Morgan fingerprint density at radius 3 is 2.64 bits per heavy atom. The first kappa shape index (κ1) is 10.4. The van der Waals surface area contributed by atoms with E-state index in [9.17, 15) is 4.79 Å². The van der Waals surface area contributed by atoms with Crippen LogP contribution < -0.4 is 0 Å². The minimum absolute atomic E-state index is 0.178. The van der Waals surface area contributed by atoms with Gasteiger partial charge in [-0.2, -0.15) is 0 Å². The maximum atomic E-state index is 10.6. The van der Waals surface area contributed by atoms with E-state index < -0.39 is 0 Å². The number of ether oxygens (including phenoxy) is 2. The van der Waals surface area contributed by atoms with Gasteiger partial charge in [-0.3, -0.25) is 4.79 Å². The minimum atomic E-state index is -0.178. The van der Waals surface area contributed by atoms with E-state index in [0.29, 0.717) is 26.2 Å². The number of esters is 1. The molecule has 0 amide bonds. The summed E-state index contributed by atoms with van der Waals surface area (Å²) in [6.45, 7) is 6.82. The lowest BCUT2D eigenvalue weighted by molar-refractivity contribution is -0.144. The molecule has 65 valence electrons. The Labute approximate surface area is 67.7 Å². The van der Waals surface area contributed by atoms with Crippen molar-refractivity contribution in [2.45, 2.75) is 19.8 Å². The molecule has 0 unspecified atom stereocenters. The predicted molar refractivity (Wildman–Crippen MR) is 42.0 cm³/mol. The maximum absolute atomic E-state index is 10.6. The van der Waals surface area contributed by atoms with Crippen molar-refractivity contribution in [2.24, 2.45) is 0 Å². The van der Waals surface area contributed by atoms with Gasteiger partial charge in [-0.05, 0) is 6.42 Å². The standard InChI is InChI=1S/C8H15O3/c1-3-5-10-6-7-11-8(9)4-2/h1,3-7H2,2H3.